The number of amides is 1. The molecular weight excluding hydrogens is 448 g/mol. The Kier molecular flexibility index (Phi) is 6.94. The van der Waals surface area contributed by atoms with Gasteiger partial charge < -0.3 is 10.1 Å². The standard InChI is InChI=1S/C27H24N2O4S/c1-33-25-18-16-24(17-19-25)29(34(31,32)26-10-6-3-7-11-26)20-21-12-14-22(15-13-21)27(30)28-23-8-4-2-5-9-23/h2-19H,20H2,1H3,(H,28,30). The van der Waals surface area contributed by atoms with Crippen molar-refractivity contribution in [2.24, 2.45) is 0 Å². The van der Waals surface area contributed by atoms with Crippen LogP contribution in [0.2, 0.25) is 0 Å². The maximum absolute atomic E-state index is 13.5. The molecule has 0 spiro atoms. The Morgan fingerprint density at radius 3 is 1.97 bits per heavy atom. The normalized spacial score (nSPS) is 11.0. The number of nitrogens with zero attached hydrogens (tertiary/aromatic N) is 1. The molecule has 0 bridgehead atoms. The molecule has 0 atom stereocenters. The monoisotopic (exact) mass is 472 g/mol. The second-order valence-electron chi connectivity index (χ2n) is 7.54. The van der Waals surface area contributed by atoms with Gasteiger partial charge in [-0.1, -0.05) is 48.5 Å². The van der Waals surface area contributed by atoms with Gasteiger partial charge in [0.1, 0.15) is 5.75 Å². The number of hydrogen-bond donors (Lipinski definition) is 1. The van der Waals surface area contributed by atoms with Crippen LogP contribution in [0, 0.1) is 0 Å². The third-order valence-corrected chi connectivity index (χ3v) is 7.05. The third-order valence-electron chi connectivity index (χ3n) is 5.27. The largest absolute Gasteiger partial charge is 0.497 e. The quantitative estimate of drug-likeness (QED) is 0.375. The molecule has 172 valence electrons. The van der Waals surface area contributed by atoms with Crippen molar-refractivity contribution in [2.75, 3.05) is 16.7 Å². The average Bonchev–Trinajstić information content (AvgIpc) is 2.89. The highest BCUT2D eigenvalue weighted by molar-refractivity contribution is 7.92. The smallest absolute Gasteiger partial charge is 0.264 e. The Labute approximate surface area is 199 Å². The van der Waals surface area contributed by atoms with Crippen molar-refractivity contribution >= 4 is 27.3 Å². The highest BCUT2D eigenvalue weighted by Gasteiger charge is 2.25. The van der Waals surface area contributed by atoms with E-state index in [-0.39, 0.29) is 17.3 Å². The summed E-state index contributed by atoms with van der Waals surface area (Å²) in [5.74, 6) is 0.399. The van der Waals surface area contributed by atoms with Gasteiger partial charge >= 0.3 is 0 Å². The van der Waals surface area contributed by atoms with E-state index in [9.17, 15) is 13.2 Å². The van der Waals surface area contributed by atoms with E-state index in [0.29, 0.717) is 22.7 Å². The van der Waals surface area contributed by atoms with Crippen LogP contribution >= 0.6 is 0 Å². The number of anilines is 2. The minimum absolute atomic E-state index is 0.101. The number of carbonyl (C=O) groups is 1. The molecule has 7 heteroatoms. The molecule has 4 rings (SSSR count). The Hall–Kier alpha value is -4.10. The van der Waals surface area contributed by atoms with E-state index in [1.165, 1.54) is 4.31 Å². The topological polar surface area (TPSA) is 75.7 Å². The highest BCUT2D eigenvalue weighted by Crippen LogP contribution is 2.28. The third kappa shape index (κ3) is 5.27. The summed E-state index contributed by atoms with van der Waals surface area (Å²) >= 11 is 0. The van der Waals surface area contributed by atoms with Gasteiger partial charge in [-0.3, -0.25) is 9.10 Å². The maximum atomic E-state index is 13.5. The lowest BCUT2D eigenvalue weighted by Crippen LogP contribution is -2.30. The molecule has 1 amide bonds. The second-order valence-corrected chi connectivity index (χ2v) is 9.40. The van der Waals surface area contributed by atoms with Crippen molar-refractivity contribution in [2.45, 2.75) is 11.4 Å². The molecule has 0 aliphatic rings. The molecule has 0 aromatic heterocycles. The minimum Gasteiger partial charge on any atom is -0.497 e. The van der Waals surface area contributed by atoms with Gasteiger partial charge in [0.25, 0.3) is 15.9 Å². The van der Waals surface area contributed by atoms with Crippen molar-refractivity contribution in [1.82, 2.24) is 0 Å². The molecule has 6 nitrogen and oxygen atoms in total. The number of nitrogens with one attached hydrogen (secondary N) is 1. The molecule has 0 heterocycles. The Morgan fingerprint density at radius 2 is 1.38 bits per heavy atom. The maximum Gasteiger partial charge on any atom is 0.264 e. The first-order valence-electron chi connectivity index (χ1n) is 10.6. The van der Waals surface area contributed by atoms with Crippen LogP contribution in [0.25, 0.3) is 0 Å². The van der Waals surface area contributed by atoms with Crippen LogP contribution in [0.4, 0.5) is 11.4 Å². The lowest BCUT2D eigenvalue weighted by atomic mass is 10.1. The van der Waals surface area contributed by atoms with Crippen LogP contribution in [-0.2, 0) is 16.6 Å². The van der Waals surface area contributed by atoms with Crippen molar-refractivity contribution in [3.05, 3.63) is 120 Å². The van der Waals surface area contributed by atoms with Crippen LogP contribution in [0.3, 0.4) is 0 Å². The summed E-state index contributed by atoms with van der Waals surface area (Å²) in [6.45, 7) is 0.101. The molecule has 0 radical (unpaired) electrons. The lowest BCUT2D eigenvalue weighted by Gasteiger charge is -2.25. The lowest BCUT2D eigenvalue weighted by molar-refractivity contribution is 0.102. The van der Waals surface area contributed by atoms with Crippen LogP contribution in [-0.4, -0.2) is 21.4 Å². The van der Waals surface area contributed by atoms with E-state index < -0.39 is 10.0 Å². The highest BCUT2D eigenvalue weighted by atomic mass is 32.2. The fourth-order valence-corrected chi connectivity index (χ4v) is 4.91. The van der Waals surface area contributed by atoms with Crippen molar-refractivity contribution in [1.29, 1.82) is 0 Å². The van der Waals surface area contributed by atoms with E-state index in [2.05, 4.69) is 5.32 Å². The van der Waals surface area contributed by atoms with Crippen molar-refractivity contribution in [3.8, 4) is 5.75 Å². The van der Waals surface area contributed by atoms with Gasteiger partial charge in [-0.25, -0.2) is 8.42 Å². The summed E-state index contributed by atoms with van der Waals surface area (Å²) in [5, 5.41) is 2.84. The van der Waals surface area contributed by atoms with Gasteiger partial charge in [0, 0.05) is 11.3 Å². The van der Waals surface area contributed by atoms with Gasteiger partial charge in [-0.05, 0) is 66.2 Å². The summed E-state index contributed by atoms with van der Waals surface area (Å²) in [5.41, 5.74) is 2.44. The van der Waals surface area contributed by atoms with Gasteiger partial charge in [0.2, 0.25) is 0 Å². The number of hydrogen-bond acceptors (Lipinski definition) is 4. The molecule has 1 N–H and O–H groups in total. The zero-order chi connectivity index (χ0) is 24.0. The zero-order valence-electron chi connectivity index (χ0n) is 18.6. The summed E-state index contributed by atoms with van der Waals surface area (Å²) in [4.78, 5) is 12.7. The molecule has 0 unspecified atom stereocenters. The minimum atomic E-state index is -3.83. The van der Waals surface area contributed by atoms with Crippen LogP contribution in [0.15, 0.2) is 114 Å². The number of rotatable bonds is 8. The fraction of sp³-hybridized carbons (Fsp3) is 0.0741. The molecule has 4 aromatic carbocycles. The molecule has 0 aliphatic heterocycles. The number of ether oxygens (including phenoxy) is 1. The van der Waals surface area contributed by atoms with Gasteiger partial charge in [-0.2, -0.15) is 0 Å². The molecule has 0 saturated carbocycles. The summed E-state index contributed by atoms with van der Waals surface area (Å²) in [7, 11) is -2.27. The van der Waals surface area contributed by atoms with Crippen LogP contribution in [0.1, 0.15) is 15.9 Å². The molecule has 0 saturated heterocycles. The summed E-state index contributed by atoms with van der Waals surface area (Å²) in [6.07, 6.45) is 0. The number of sulfonamides is 1. The Balaban J connectivity index is 1.60. The van der Waals surface area contributed by atoms with E-state index in [0.717, 1.165) is 5.56 Å². The number of carbonyl (C=O) groups excluding carboxylic acids is 1. The Morgan fingerprint density at radius 1 is 0.794 bits per heavy atom. The van der Waals surface area contributed by atoms with Crippen molar-refractivity contribution < 1.29 is 17.9 Å². The van der Waals surface area contributed by atoms with E-state index in [1.54, 1.807) is 86.0 Å². The number of methoxy groups -OCH3 is 1. The first-order chi connectivity index (χ1) is 16.5. The number of benzene rings is 4. The van der Waals surface area contributed by atoms with E-state index in [1.807, 2.05) is 30.3 Å². The Bertz CT molecular complexity index is 1340. The fourth-order valence-electron chi connectivity index (χ4n) is 3.44. The SMILES string of the molecule is COc1ccc(N(Cc2ccc(C(=O)Nc3ccccc3)cc2)S(=O)(=O)c2ccccc2)cc1. The predicted molar refractivity (Wildman–Crippen MR) is 134 cm³/mol. The van der Waals surface area contributed by atoms with Gasteiger partial charge in [-0.15, -0.1) is 0 Å². The van der Waals surface area contributed by atoms with Crippen LogP contribution < -0.4 is 14.4 Å². The summed E-state index contributed by atoms with van der Waals surface area (Å²) in [6, 6.07) is 31.3. The molecule has 4 aromatic rings. The van der Waals surface area contributed by atoms with Gasteiger partial charge in [0.05, 0.1) is 24.2 Å². The summed E-state index contributed by atoms with van der Waals surface area (Å²) < 4.78 is 33.6. The first kappa shape index (κ1) is 23.1. The second kappa shape index (κ2) is 10.2. The zero-order valence-corrected chi connectivity index (χ0v) is 19.4. The van der Waals surface area contributed by atoms with Crippen LogP contribution in [0.5, 0.6) is 5.75 Å². The molecule has 0 aliphatic carbocycles. The average molecular weight is 473 g/mol. The number of para-hydroxylation sites is 1. The first-order valence-corrected chi connectivity index (χ1v) is 12.1. The molecule has 0 fully saturated rings. The molecular formula is C27H24N2O4S. The van der Waals surface area contributed by atoms with E-state index in [4.69, 9.17) is 4.74 Å². The van der Waals surface area contributed by atoms with Crippen molar-refractivity contribution in [3.63, 3.8) is 0 Å². The van der Waals surface area contributed by atoms with E-state index >= 15 is 0 Å². The van der Waals surface area contributed by atoms with Gasteiger partial charge in [0.15, 0.2) is 0 Å². The predicted octanol–water partition coefficient (Wildman–Crippen LogP) is 5.34. The molecule has 34 heavy (non-hydrogen) atoms.